The van der Waals surface area contributed by atoms with Crippen molar-refractivity contribution in [2.75, 3.05) is 6.54 Å². The highest BCUT2D eigenvalue weighted by atomic mass is 15.3. The predicted octanol–water partition coefficient (Wildman–Crippen LogP) is 9.10. The molecule has 0 atom stereocenters. The normalized spacial score (nSPS) is 11.8. The molecule has 1 nitrogen and oxygen atoms in total. The molecule has 3 aromatic rings. The maximum Gasteiger partial charge on any atom is 0.105 e. The van der Waals surface area contributed by atoms with Crippen molar-refractivity contribution in [1.82, 2.24) is 0 Å². The van der Waals surface area contributed by atoms with E-state index in [4.69, 9.17) is 0 Å². The summed E-state index contributed by atoms with van der Waals surface area (Å²) in [4.78, 5) is 0. The van der Waals surface area contributed by atoms with Gasteiger partial charge in [-0.05, 0) is 32.6 Å². The van der Waals surface area contributed by atoms with Gasteiger partial charge in [-0.1, -0.05) is 129 Å². The number of allylic oxidation sites excluding steroid dienone is 2. The molecular formula is C33H44N+. The number of rotatable bonds is 16. The van der Waals surface area contributed by atoms with Crippen LogP contribution in [0.25, 0.3) is 0 Å². The van der Waals surface area contributed by atoms with Crippen molar-refractivity contribution in [3.63, 3.8) is 0 Å². The molecule has 34 heavy (non-hydrogen) atoms. The molecule has 0 N–H and O–H groups in total. The molecule has 0 aromatic heterocycles. The Morgan fingerprint density at radius 2 is 0.882 bits per heavy atom. The molecule has 0 aliphatic heterocycles. The maximum absolute atomic E-state index is 2.30. The van der Waals surface area contributed by atoms with E-state index in [0.29, 0.717) is 0 Å². The molecule has 0 amide bonds. The summed E-state index contributed by atoms with van der Waals surface area (Å²) >= 11 is 0. The van der Waals surface area contributed by atoms with Gasteiger partial charge in [-0.25, -0.2) is 0 Å². The minimum absolute atomic E-state index is 1.08. The number of hydrogen-bond donors (Lipinski definition) is 0. The first-order chi connectivity index (χ1) is 16.8. The fraction of sp³-hybridized carbons (Fsp3) is 0.394. The summed E-state index contributed by atoms with van der Waals surface area (Å²) < 4.78 is 1.08. The smallest absolute Gasteiger partial charge is 0.105 e. The van der Waals surface area contributed by atoms with E-state index in [-0.39, 0.29) is 0 Å². The molecule has 3 rings (SSSR count). The molecule has 0 saturated heterocycles. The lowest BCUT2D eigenvalue weighted by Gasteiger charge is -2.39. The van der Waals surface area contributed by atoms with Crippen LogP contribution in [0.4, 0.5) is 0 Å². The highest BCUT2D eigenvalue weighted by Crippen LogP contribution is 2.26. The third kappa shape index (κ3) is 9.69. The van der Waals surface area contributed by atoms with E-state index in [1.54, 1.807) is 0 Å². The summed E-state index contributed by atoms with van der Waals surface area (Å²) in [5, 5.41) is 0. The van der Waals surface area contributed by atoms with Gasteiger partial charge in [0.05, 0.1) is 6.54 Å². The second-order valence-corrected chi connectivity index (χ2v) is 9.83. The van der Waals surface area contributed by atoms with Crippen molar-refractivity contribution in [2.24, 2.45) is 0 Å². The van der Waals surface area contributed by atoms with Crippen molar-refractivity contribution >= 4 is 0 Å². The van der Waals surface area contributed by atoms with Crippen molar-refractivity contribution in [1.29, 1.82) is 0 Å². The van der Waals surface area contributed by atoms with Crippen LogP contribution < -0.4 is 0 Å². The molecule has 0 fully saturated rings. The van der Waals surface area contributed by atoms with Crippen LogP contribution in [0.1, 0.15) is 75.0 Å². The number of quaternary nitrogens is 1. The first-order valence-electron chi connectivity index (χ1n) is 13.4. The zero-order valence-electron chi connectivity index (χ0n) is 21.2. The molecule has 0 heterocycles. The number of unbranched alkanes of at least 4 members (excludes halogenated alkanes) is 7. The highest BCUT2D eigenvalue weighted by Gasteiger charge is 2.28. The Labute approximate surface area is 208 Å². The molecule has 0 spiro atoms. The SMILES string of the molecule is C/C=C/CCCCCCCCC[N+](Cc1ccccc1)(Cc1ccccc1)Cc1ccccc1. The Bertz CT molecular complexity index is 813. The van der Waals surface area contributed by atoms with Crippen molar-refractivity contribution in [3.8, 4) is 0 Å². The van der Waals surface area contributed by atoms with Crippen LogP contribution in [0.15, 0.2) is 103 Å². The van der Waals surface area contributed by atoms with Crippen molar-refractivity contribution in [3.05, 3.63) is 120 Å². The molecule has 0 bridgehead atoms. The van der Waals surface area contributed by atoms with E-state index in [2.05, 4.69) is 110 Å². The Balaban J connectivity index is 1.66. The summed E-state index contributed by atoms with van der Waals surface area (Å²) in [6.45, 7) is 6.58. The van der Waals surface area contributed by atoms with Gasteiger partial charge in [0.25, 0.3) is 0 Å². The van der Waals surface area contributed by atoms with Gasteiger partial charge in [0.15, 0.2) is 0 Å². The van der Waals surface area contributed by atoms with Crippen LogP contribution in [0.5, 0.6) is 0 Å². The molecule has 180 valence electrons. The van der Waals surface area contributed by atoms with Crippen LogP contribution in [0.2, 0.25) is 0 Å². The summed E-state index contributed by atoms with van der Waals surface area (Å²) in [6.07, 6.45) is 15.2. The average molecular weight is 455 g/mol. The van der Waals surface area contributed by atoms with Gasteiger partial charge in [-0.15, -0.1) is 0 Å². The van der Waals surface area contributed by atoms with Gasteiger partial charge in [0.1, 0.15) is 19.6 Å². The first-order valence-corrected chi connectivity index (χ1v) is 13.4. The lowest BCUT2D eigenvalue weighted by atomic mass is 10.0. The summed E-state index contributed by atoms with van der Waals surface area (Å²) in [7, 11) is 0. The summed E-state index contributed by atoms with van der Waals surface area (Å²) in [6, 6.07) is 33.3. The topological polar surface area (TPSA) is 0 Å². The third-order valence-corrected chi connectivity index (χ3v) is 6.82. The zero-order chi connectivity index (χ0) is 23.7. The van der Waals surface area contributed by atoms with E-state index in [0.717, 1.165) is 24.1 Å². The van der Waals surface area contributed by atoms with Crippen molar-refractivity contribution in [2.45, 2.75) is 77.9 Å². The van der Waals surface area contributed by atoms with Crippen LogP contribution in [-0.2, 0) is 19.6 Å². The van der Waals surface area contributed by atoms with E-state index in [1.807, 2.05) is 0 Å². The minimum atomic E-state index is 1.08. The fourth-order valence-electron chi connectivity index (χ4n) is 5.08. The minimum Gasteiger partial charge on any atom is -0.312 e. The van der Waals surface area contributed by atoms with Crippen LogP contribution in [0.3, 0.4) is 0 Å². The van der Waals surface area contributed by atoms with E-state index in [9.17, 15) is 0 Å². The Hall–Kier alpha value is -2.64. The van der Waals surface area contributed by atoms with Crippen LogP contribution in [-0.4, -0.2) is 11.0 Å². The standard InChI is InChI=1S/C33H44N/c1-2-3-4-5-6-7-8-9-10-20-27-34(28-31-21-14-11-15-22-31,29-32-23-16-12-17-24-32)30-33-25-18-13-19-26-33/h2-3,11-19,21-26H,4-10,20,27-30H2,1H3/q+1/b3-2+. The number of nitrogens with zero attached hydrogens (tertiary/aromatic N) is 1. The second kappa shape index (κ2) is 15.3. The predicted molar refractivity (Wildman–Crippen MR) is 147 cm³/mol. The lowest BCUT2D eigenvalue weighted by molar-refractivity contribution is -0.966. The van der Waals surface area contributed by atoms with Gasteiger partial charge in [-0.3, -0.25) is 0 Å². The van der Waals surface area contributed by atoms with Gasteiger partial charge in [0.2, 0.25) is 0 Å². The largest absolute Gasteiger partial charge is 0.312 e. The molecule has 0 radical (unpaired) electrons. The molecule has 0 aliphatic rings. The average Bonchev–Trinajstić information content (AvgIpc) is 2.87. The van der Waals surface area contributed by atoms with Crippen molar-refractivity contribution < 1.29 is 4.48 Å². The van der Waals surface area contributed by atoms with Gasteiger partial charge in [0, 0.05) is 16.7 Å². The summed E-state index contributed by atoms with van der Waals surface area (Å²) in [5.74, 6) is 0. The Morgan fingerprint density at radius 3 is 1.29 bits per heavy atom. The zero-order valence-corrected chi connectivity index (χ0v) is 21.2. The van der Waals surface area contributed by atoms with Gasteiger partial charge in [-0.2, -0.15) is 0 Å². The third-order valence-electron chi connectivity index (χ3n) is 6.82. The fourth-order valence-corrected chi connectivity index (χ4v) is 5.08. The van der Waals surface area contributed by atoms with Crippen LogP contribution >= 0.6 is 0 Å². The Morgan fingerprint density at radius 1 is 0.500 bits per heavy atom. The highest BCUT2D eigenvalue weighted by molar-refractivity contribution is 5.17. The quantitative estimate of drug-likeness (QED) is 0.115. The lowest BCUT2D eigenvalue weighted by Crippen LogP contribution is -2.46. The molecule has 0 saturated carbocycles. The monoisotopic (exact) mass is 454 g/mol. The van der Waals surface area contributed by atoms with Gasteiger partial charge < -0.3 is 4.48 Å². The number of hydrogen-bond acceptors (Lipinski definition) is 0. The van der Waals surface area contributed by atoms with E-state index >= 15 is 0 Å². The molecule has 3 aromatic carbocycles. The van der Waals surface area contributed by atoms with Gasteiger partial charge >= 0.3 is 0 Å². The summed E-state index contributed by atoms with van der Waals surface area (Å²) in [5.41, 5.74) is 4.32. The Kier molecular flexibility index (Phi) is 11.7. The number of benzene rings is 3. The first kappa shape index (κ1) is 26.0. The molecule has 0 unspecified atom stereocenters. The maximum atomic E-state index is 2.30. The molecule has 0 aliphatic carbocycles. The van der Waals surface area contributed by atoms with E-state index < -0.39 is 0 Å². The van der Waals surface area contributed by atoms with Crippen LogP contribution in [0, 0.1) is 0 Å². The molecular weight excluding hydrogens is 410 g/mol. The van der Waals surface area contributed by atoms with E-state index in [1.165, 1.54) is 74.6 Å². The second-order valence-electron chi connectivity index (χ2n) is 9.83. The molecule has 1 heteroatoms.